The highest BCUT2D eigenvalue weighted by molar-refractivity contribution is 5.28. The summed E-state index contributed by atoms with van der Waals surface area (Å²) in [5, 5.41) is 10.7. The molecule has 0 spiro atoms. The van der Waals surface area contributed by atoms with E-state index in [1.165, 1.54) is 0 Å². The zero-order chi connectivity index (χ0) is 14.2. The van der Waals surface area contributed by atoms with Gasteiger partial charge in [0.05, 0.1) is 6.61 Å². The second-order valence-electron chi connectivity index (χ2n) is 4.21. The van der Waals surface area contributed by atoms with Crippen molar-refractivity contribution in [3.63, 3.8) is 0 Å². The normalized spacial score (nSPS) is 10.7. The lowest BCUT2D eigenvalue weighted by Gasteiger charge is -2.14. The second kappa shape index (κ2) is 7.37. The first-order chi connectivity index (χ1) is 9.75. The first kappa shape index (κ1) is 14.2. The number of benzene rings is 2. The summed E-state index contributed by atoms with van der Waals surface area (Å²) in [4.78, 5) is 15.7. The van der Waals surface area contributed by atoms with Crippen LogP contribution >= 0.6 is 0 Å². The van der Waals surface area contributed by atoms with Crippen LogP contribution in [0, 0.1) is 16.2 Å². The Morgan fingerprint density at radius 1 is 1.05 bits per heavy atom. The summed E-state index contributed by atoms with van der Waals surface area (Å²) in [7, 11) is 0. The molecular weight excluding hydrogens is 256 g/mol. The maximum atomic E-state index is 10.7. The standard InChI is InChI=1S/C15H15N2O3/c18-17(19)11-15(14-9-5-2-6-10-14)16-20-12-13-7-3-1-4-8-13/h1-10,16H,11-12H2. The van der Waals surface area contributed by atoms with Crippen LogP contribution in [-0.2, 0) is 11.4 Å². The molecule has 0 bridgehead atoms. The fourth-order valence-electron chi connectivity index (χ4n) is 1.73. The van der Waals surface area contributed by atoms with Crippen molar-refractivity contribution in [1.82, 2.24) is 5.48 Å². The predicted octanol–water partition coefficient (Wildman–Crippen LogP) is 2.56. The van der Waals surface area contributed by atoms with Gasteiger partial charge in [-0.15, -0.1) is 0 Å². The molecule has 2 aromatic carbocycles. The summed E-state index contributed by atoms with van der Waals surface area (Å²) >= 11 is 0. The van der Waals surface area contributed by atoms with Crippen LogP contribution in [0.15, 0.2) is 60.7 Å². The fraction of sp³-hybridized carbons (Fsp3) is 0.133. The summed E-state index contributed by atoms with van der Waals surface area (Å²) in [5.41, 5.74) is 4.43. The van der Waals surface area contributed by atoms with Gasteiger partial charge in [-0.1, -0.05) is 60.7 Å². The molecule has 0 aliphatic rings. The third kappa shape index (κ3) is 4.46. The van der Waals surface area contributed by atoms with Gasteiger partial charge in [0, 0.05) is 4.92 Å². The molecular formula is C15H15N2O3. The number of nitrogens with zero attached hydrogens (tertiary/aromatic N) is 1. The fourth-order valence-corrected chi connectivity index (χ4v) is 1.73. The van der Waals surface area contributed by atoms with E-state index >= 15 is 0 Å². The number of nitro groups is 1. The molecule has 1 radical (unpaired) electrons. The second-order valence-corrected chi connectivity index (χ2v) is 4.21. The van der Waals surface area contributed by atoms with E-state index in [1.807, 2.05) is 48.5 Å². The van der Waals surface area contributed by atoms with E-state index in [9.17, 15) is 10.1 Å². The van der Waals surface area contributed by atoms with Crippen molar-refractivity contribution < 1.29 is 9.76 Å². The first-order valence-electron chi connectivity index (χ1n) is 6.20. The van der Waals surface area contributed by atoms with Crippen LogP contribution in [0.25, 0.3) is 0 Å². The number of nitrogens with one attached hydrogen (secondary N) is 1. The Morgan fingerprint density at radius 3 is 2.25 bits per heavy atom. The third-order valence-electron chi connectivity index (χ3n) is 2.69. The van der Waals surface area contributed by atoms with E-state index in [0.29, 0.717) is 12.6 Å². The number of hydrogen-bond acceptors (Lipinski definition) is 4. The summed E-state index contributed by atoms with van der Waals surface area (Å²) in [5.74, 6) is 0. The van der Waals surface area contributed by atoms with Gasteiger partial charge in [-0.3, -0.25) is 15.0 Å². The largest absolute Gasteiger partial charge is 0.296 e. The molecule has 0 aliphatic heterocycles. The first-order valence-corrected chi connectivity index (χ1v) is 6.20. The van der Waals surface area contributed by atoms with Crippen LogP contribution < -0.4 is 5.48 Å². The van der Waals surface area contributed by atoms with Crippen LogP contribution in [0.2, 0.25) is 0 Å². The summed E-state index contributed by atoms with van der Waals surface area (Å²) in [6.07, 6.45) is 0. The van der Waals surface area contributed by atoms with E-state index in [2.05, 4.69) is 5.48 Å². The molecule has 2 aromatic rings. The van der Waals surface area contributed by atoms with Crippen molar-refractivity contribution in [2.24, 2.45) is 0 Å². The molecule has 5 nitrogen and oxygen atoms in total. The molecule has 0 aromatic heterocycles. The van der Waals surface area contributed by atoms with Crippen molar-refractivity contribution in [2.75, 3.05) is 6.54 Å². The van der Waals surface area contributed by atoms with Gasteiger partial charge >= 0.3 is 0 Å². The molecule has 103 valence electrons. The average Bonchev–Trinajstić information content (AvgIpc) is 2.48. The number of rotatable bonds is 7. The average molecular weight is 271 g/mol. The lowest BCUT2D eigenvalue weighted by Crippen LogP contribution is -2.28. The smallest absolute Gasteiger partial charge is 0.230 e. The van der Waals surface area contributed by atoms with Gasteiger partial charge in [0.2, 0.25) is 6.54 Å². The van der Waals surface area contributed by atoms with Gasteiger partial charge in [0.25, 0.3) is 0 Å². The van der Waals surface area contributed by atoms with Crippen LogP contribution in [0.1, 0.15) is 11.1 Å². The highest BCUT2D eigenvalue weighted by Crippen LogP contribution is 2.12. The summed E-state index contributed by atoms with van der Waals surface area (Å²) in [6.45, 7) is 0.0354. The topological polar surface area (TPSA) is 64.4 Å². The molecule has 0 fully saturated rings. The number of hydrogen-bond donors (Lipinski definition) is 1. The molecule has 2 rings (SSSR count). The van der Waals surface area contributed by atoms with Crippen molar-refractivity contribution >= 4 is 0 Å². The zero-order valence-electron chi connectivity index (χ0n) is 10.9. The summed E-state index contributed by atoms with van der Waals surface area (Å²) in [6, 6.07) is 19.2. The molecule has 0 heterocycles. The maximum Gasteiger partial charge on any atom is 0.230 e. The van der Waals surface area contributed by atoms with Gasteiger partial charge in [0.15, 0.2) is 6.04 Å². The maximum absolute atomic E-state index is 10.7. The molecule has 0 atom stereocenters. The number of hydroxylamine groups is 1. The van der Waals surface area contributed by atoms with Gasteiger partial charge in [-0.05, 0) is 11.1 Å². The van der Waals surface area contributed by atoms with Gasteiger partial charge < -0.3 is 0 Å². The van der Waals surface area contributed by atoms with E-state index < -0.39 is 0 Å². The van der Waals surface area contributed by atoms with Crippen LogP contribution in [-0.4, -0.2) is 11.5 Å². The summed E-state index contributed by atoms with van der Waals surface area (Å²) < 4.78 is 0. The highest BCUT2D eigenvalue weighted by Gasteiger charge is 2.18. The van der Waals surface area contributed by atoms with Crippen molar-refractivity contribution in [3.05, 3.63) is 87.9 Å². The van der Waals surface area contributed by atoms with Crippen molar-refractivity contribution in [3.8, 4) is 0 Å². The highest BCUT2D eigenvalue weighted by atomic mass is 16.7. The van der Waals surface area contributed by atoms with E-state index in [-0.39, 0.29) is 11.5 Å². The molecule has 0 saturated carbocycles. The van der Waals surface area contributed by atoms with Gasteiger partial charge in [0.1, 0.15) is 0 Å². The molecule has 0 aliphatic carbocycles. The quantitative estimate of drug-likeness (QED) is 0.621. The van der Waals surface area contributed by atoms with Crippen LogP contribution in [0.5, 0.6) is 0 Å². The van der Waals surface area contributed by atoms with Gasteiger partial charge in [-0.2, -0.15) is 5.48 Å². The van der Waals surface area contributed by atoms with Crippen LogP contribution in [0.3, 0.4) is 0 Å². The molecule has 1 N–H and O–H groups in total. The lowest BCUT2D eigenvalue weighted by atomic mass is 10.1. The zero-order valence-corrected chi connectivity index (χ0v) is 10.9. The molecule has 0 amide bonds. The Labute approximate surface area is 117 Å². The van der Waals surface area contributed by atoms with Crippen molar-refractivity contribution in [1.29, 1.82) is 0 Å². The minimum atomic E-state index is -0.388. The molecule has 0 saturated heterocycles. The Kier molecular flexibility index (Phi) is 5.23. The Hall–Kier alpha value is -2.24. The van der Waals surface area contributed by atoms with Gasteiger partial charge in [-0.25, -0.2) is 0 Å². The molecule has 20 heavy (non-hydrogen) atoms. The van der Waals surface area contributed by atoms with E-state index in [1.54, 1.807) is 12.1 Å². The molecule has 5 heteroatoms. The van der Waals surface area contributed by atoms with Crippen molar-refractivity contribution in [2.45, 2.75) is 6.61 Å². The lowest BCUT2D eigenvalue weighted by molar-refractivity contribution is -0.476. The van der Waals surface area contributed by atoms with E-state index in [4.69, 9.17) is 4.84 Å². The SMILES string of the molecule is O=[N+]([O-])C[C](NOCc1ccccc1)c1ccccc1. The Balaban J connectivity index is 1.93. The van der Waals surface area contributed by atoms with Crippen LogP contribution in [0.4, 0.5) is 0 Å². The predicted molar refractivity (Wildman–Crippen MR) is 75.0 cm³/mol. The monoisotopic (exact) mass is 271 g/mol. The Bertz CT molecular complexity index is 531. The minimum Gasteiger partial charge on any atom is -0.296 e. The molecule has 0 unspecified atom stereocenters. The minimum absolute atomic E-state index is 0.307. The third-order valence-corrected chi connectivity index (χ3v) is 2.69. The Morgan fingerprint density at radius 2 is 1.65 bits per heavy atom. The van der Waals surface area contributed by atoms with E-state index in [0.717, 1.165) is 11.1 Å².